The van der Waals surface area contributed by atoms with Crippen LogP contribution in [0.25, 0.3) is 16.9 Å². The summed E-state index contributed by atoms with van der Waals surface area (Å²) in [4.78, 5) is 19.0. The summed E-state index contributed by atoms with van der Waals surface area (Å²) in [6.45, 7) is 6.54. The van der Waals surface area contributed by atoms with Crippen LogP contribution in [-0.2, 0) is 15.2 Å². The van der Waals surface area contributed by atoms with Gasteiger partial charge in [0.05, 0.1) is 30.7 Å². The lowest BCUT2D eigenvalue weighted by Crippen LogP contribution is -2.52. The van der Waals surface area contributed by atoms with Crippen molar-refractivity contribution < 1.29 is 14.3 Å². The summed E-state index contributed by atoms with van der Waals surface area (Å²) in [7, 11) is 1.78. The van der Waals surface area contributed by atoms with Gasteiger partial charge in [-0.15, -0.1) is 11.8 Å². The highest BCUT2D eigenvalue weighted by Crippen LogP contribution is 2.44. The first-order valence-corrected chi connectivity index (χ1v) is 13.2. The number of morpholine rings is 1. The molecule has 1 aromatic heterocycles. The molecule has 1 amide bonds. The molecule has 0 spiro atoms. The average Bonchev–Trinajstić information content (AvgIpc) is 3.28. The van der Waals surface area contributed by atoms with Crippen LogP contribution in [0.3, 0.4) is 0 Å². The summed E-state index contributed by atoms with van der Waals surface area (Å²) in [5, 5.41) is 4.94. The molecule has 2 aromatic carbocycles. The van der Waals surface area contributed by atoms with E-state index in [0.29, 0.717) is 44.1 Å². The molecule has 7 nitrogen and oxygen atoms in total. The predicted octanol–water partition coefficient (Wildman–Crippen LogP) is 4.01. The van der Waals surface area contributed by atoms with Crippen molar-refractivity contribution >= 4 is 17.7 Å². The highest BCUT2D eigenvalue weighted by atomic mass is 32.2. The van der Waals surface area contributed by atoms with Crippen molar-refractivity contribution in [3.05, 3.63) is 65.4 Å². The van der Waals surface area contributed by atoms with Crippen molar-refractivity contribution in [1.82, 2.24) is 19.6 Å². The highest BCUT2D eigenvalue weighted by molar-refractivity contribution is 7.98. The number of fused-ring (bicyclic) bond motifs is 3. The summed E-state index contributed by atoms with van der Waals surface area (Å²) < 4.78 is 12.9. The number of nitrogens with zero attached hydrogens (tertiary/aromatic N) is 4. The molecule has 3 aliphatic heterocycles. The normalized spacial score (nSPS) is 19.1. The van der Waals surface area contributed by atoms with E-state index in [2.05, 4.69) is 60.4 Å². The van der Waals surface area contributed by atoms with Gasteiger partial charge in [0, 0.05) is 61.1 Å². The topological polar surface area (TPSA) is 59.8 Å². The number of hydrogen-bond donors (Lipinski definition) is 0. The number of amides is 1. The molecule has 0 N–H and O–H groups in total. The number of ether oxygens (including phenoxy) is 2. The van der Waals surface area contributed by atoms with E-state index in [1.165, 1.54) is 10.5 Å². The Morgan fingerprint density at radius 2 is 1.86 bits per heavy atom. The standard InChI is InChI=1S/C27H30N4O3S/c1-18(30-15-21(16-30)33-2)19-7-9-20(10-8-19)31-26-22-5-3-4-6-24(22)35-17-23(26)25(28-31)27(32)29-11-13-34-14-12-29/h3-10,18,21H,11-17H2,1-2H3. The monoisotopic (exact) mass is 490 g/mol. The molecular weight excluding hydrogens is 460 g/mol. The number of carbonyl (C=O) groups is 1. The minimum Gasteiger partial charge on any atom is -0.379 e. The summed E-state index contributed by atoms with van der Waals surface area (Å²) in [6.07, 6.45) is 0.340. The van der Waals surface area contributed by atoms with E-state index in [1.807, 2.05) is 9.58 Å². The maximum absolute atomic E-state index is 13.5. The van der Waals surface area contributed by atoms with Crippen molar-refractivity contribution in [2.24, 2.45) is 0 Å². The van der Waals surface area contributed by atoms with E-state index in [-0.39, 0.29) is 5.91 Å². The smallest absolute Gasteiger partial charge is 0.274 e. The average molecular weight is 491 g/mol. The SMILES string of the molecule is COC1CN(C(C)c2ccc(-n3nc(C(=O)N4CCOCC4)c4c3-c3ccccc3SC4)cc2)C1. The number of methoxy groups -OCH3 is 1. The molecule has 1 unspecified atom stereocenters. The van der Waals surface area contributed by atoms with Gasteiger partial charge in [-0.3, -0.25) is 9.69 Å². The Balaban J connectivity index is 1.37. The molecule has 1 atom stereocenters. The van der Waals surface area contributed by atoms with Crippen molar-refractivity contribution in [1.29, 1.82) is 0 Å². The van der Waals surface area contributed by atoms with Gasteiger partial charge in [-0.2, -0.15) is 5.10 Å². The van der Waals surface area contributed by atoms with Crippen LogP contribution in [0.15, 0.2) is 53.4 Å². The summed E-state index contributed by atoms with van der Waals surface area (Å²) >= 11 is 1.77. The maximum atomic E-state index is 13.5. The van der Waals surface area contributed by atoms with Crippen molar-refractivity contribution in [3.63, 3.8) is 0 Å². The van der Waals surface area contributed by atoms with E-state index in [1.54, 1.807) is 18.9 Å². The van der Waals surface area contributed by atoms with Gasteiger partial charge in [-0.05, 0) is 30.7 Å². The second kappa shape index (κ2) is 9.43. The summed E-state index contributed by atoms with van der Waals surface area (Å²) in [5.74, 6) is 0.738. The van der Waals surface area contributed by atoms with Gasteiger partial charge in [0.1, 0.15) is 0 Å². The molecule has 0 bridgehead atoms. The molecule has 0 saturated carbocycles. The quantitative estimate of drug-likeness (QED) is 0.539. The molecule has 0 aliphatic carbocycles. The van der Waals surface area contributed by atoms with Gasteiger partial charge in [0.25, 0.3) is 5.91 Å². The lowest BCUT2D eigenvalue weighted by molar-refractivity contribution is -0.0479. The Kier molecular flexibility index (Phi) is 6.14. The van der Waals surface area contributed by atoms with Crippen LogP contribution in [0.2, 0.25) is 0 Å². The zero-order valence-corrected chi connectivity index (χ0v) is 21.0. The number of aromatic nitrogens is 2. The maximum Gasteiger partial charge on any atom is 0.274 e. The van der Waals surface area contributed by atoms with Crippen LogP contribution >= 0.6 is 11.8 Å². The van der Waals surface area contributed by atoms with E-state index in [9.17, 15) is 4.79 Å². The van der Waals surface area contributed by atoms with E-state index in [0.717, 1.165) is 41.4 Å². The number of hydrogen-bond acceptors (Lipinski definition) is 6. The van der Waals surface area contributed by atoms with Crippen molar-refractivity contribution in [2.45, 2.75) is 29.7 Å². The molecule has 35 heavy (non-hydrogen) atoms. The number of benzene rings is 2. The van der Waals surface area contributed by atoms with Crippen LogP contribution in [0, 0.1) is 0 Å². The van der Waals surface area contributed by atoms with Gasteiger partial charge in [-0.1, -0.05) is 30.3 Å². The molecule has 4 heterocycles. The van der Waals surface area contributed by atoms with E-state index in [4.69, 9.17) is 14.6 Å². The van der Waals surface area contributed by atoms with Crippen LogP contribution in [0.1, 0.15) is 34.6 Å². The third-order valence-electron chi connectivity index (χ3n) is 7.38. The lowest BCUT2D eigenvalue weighted by Gasteiger charge is -2.42. The first-order valence-electron chi connectivity index (χ1n) is 12.2. The largest absolute Gasteiger partial charge is 0.379 e. The van der Waals surface area contributed by atoms with Gasteiger partial charge in [0.2, 0.25) is 0 Å². The Hall–Kier alpha value is -2.65. The van der Waals surface area contributed by atoms with Gasteiger partial charge >= 0.3 is 0 Å². The minimum absolute atomic E-state index is 0.000922. The Bertz CT molecular complexity index is 1230. The molecule has 0 radical (unpaired) electrons. The first kappa shape index (κ1) is 22.8. The van der Waals surface area contributed by atoms with Gasteiger partial charge < -0.3 is 14.4 Å². The molecule has 2 saturated heterocycles. The van der Waals surface area contributed by atoms with Gasteiger partial charge in [-0.25, -0.2) is 4.68 Å². The van der Waals surface area contributed by atoms with Crippen LogP contribution < -0.4 is 0 Å². The molecular formula is C27H30N4O3S. The van der Waals surface area contributed by atoms with Crippen LogP contribution in [0.5, 0.6) is 0 Å². The van der Waals surface area contributed by atoms with Crippen LogP contribution in [-0.4, -0.2) is 78.1 Å². The second-order valence-corrected chi connectivity index (χ2v) is 10.4. The molecule has 2 fully saturated rings. The molecule has 3 aliphatic rings. The third kappa shape index (κ3) is 4.08. The number of carbonyl (C=O) groups excluding carboxylic acids is 1. The van der Waals surface area contributed by atoms with E-state index >= 15 is 0 Å². The summed E-state index contributed by atoms with van der Waals surface area (Å²) in [6, 6.07) is 17.3. The lowest BCUT2D eigenvalue weighted by atomic mass is 10.0. The van der Waals surface area contributed by atoms with E-state index < -0.39 is 0 Å². The van der Waals surface area contributed by atoms with Gasteiger partial charge in [0.15, 0.2) is 5.69 Å². The van der Waals surface area contributed by atoms with Crippen LogP contribution in [0.4, 0.5) is 0 Å². The number of likely N-dealkylation sites (tertiary alicyclic amines) is 1. The number of rotatable bonds is 5. The number of thioether (sulfide) groups is 1. The molecule has 182 valence electrons. The van der Waals surface area contributed by atoms with Crippen molar-refractivity contribution in [3.8, 4) is 16.9 Å². The molecule has 3 aromatic rings. The predicted molar refractivity (Wildman–Crippen MR) is 136 cm³/mol. The second-order valence-electron chi connectivity index (χ2n) is 9.36. The fourth-order valence-corrected chi connectivity index (χ4v) is 6.18. The first-order chi connectivity index (χ1) is 17.1. The Labute approximate surface area is 210 Å². The third-order valence-corrected chi connectivity index (χ3v) is 8.48. The Morgan fingerprint density at radius 1 is 1.11 bits per heavy atom. The zero-order chi connectivity index (χ0) is 23.9. The molecule has 8 heteroatoms. The molecule has 6 rings (SSSR count). The highest BCUT2D eigenvalue weighted by Gasteiger charge is 2.33. The minimum atomic E-state index is -0.000922. The zero-order valence-electron chi connectivity index (χ0n) is 20.1. The fourth-order valence-electron chi connectivity index (χ4n) is 5.12. The fraction of sp³-hybridized carbons (Fsp3) is 0.407. The Morgan fingerprint density at radius 3 is 2.60 bits per heavy atom. The summed E-state index contributed by atoms with van der Waals surface area (Å²) in [5.41, 5.74) is 5.99. The van der Waals surface area contributed by atoms with Crippen molar-refractivity contribution in [2.75, 3.05) is 46.5 Å².